The second kappa shape index (κ2) is 4.71. The summed E-state index contributed by atoms with van der Waals surface area (Å²) in [6.07, 6.45) is 11.4. The van der Waals surface area contributed by atoms with Crippen LogP contribution < -0.4 is 10.0 Å². The van der Waals surface area contributed by atoms with Crippen molar-refractivity contribution < 1.29 is 0 Å². The maximum Gasteiger partial charge on any atom is 0.151 e. The van der Waals surface area contributed by atoms with Crippen LogP contribution in [0.25, 0.3) is 0 Å². The molecule has 3 rings (SSSR count). The molecule has 0 radical (unpaired) electrons. The van der Waals surface area contributed by atoms with Gasteiger partial charge in [0, 0.05) is 24.8 Å². The first kappa shape index (κ1) is 10.5. The molecule has 0 saturated heterocycles. The lowest BCUT2D eigenvalue weighted by Gasteiger charge is -2.32. The molecule has 2 aromatic rings. The van der Waals surface area contributed by atoms with Gasteiger partial charge in [0.15, 0.2) is 11.6 Å². The van der Waals surface area contributed by atoms with Crippen molar-refractivity contribution in [3.8, 4) is 0 Å². The number of hydrogen-bond acceptors (Lipinski definition) is 4. The van der Waals surface area contributed by atoms with Gasteiger partial charge in [-0.3, -0.25) is 0 Å². The Hall–Kier alpha value is -2.62. The maximum absolute atomic E-state index is 4.35. The van der Waals surface area contributed by atoms with E-state index in [1.165, 1.54) is 0 Å². The highest BCUT2D eigenvalue weighted by atomic mass is 15.6. The summed E-state index contributed by atoms with van der Waals surface area (Å²) in [5.41, 5.74) is 0. The third kappa shape index (κ3) is 1.96. The smallest absolute Gasteiger partial charge is 0.151 e. The summed E-state index contributed by atoms with van der Waals surface area (Å²) in [5, 5.41) is 3.89. The summed E-state index contributed by atoms with van der Waals surface area (Å²) >= 11 is 0. The lowest BCUT2D eigenvalue weighted by molar-refractivity contribution is 0.914. The number of hydrogen-bond donors (Lipinski definition) is 0. The normalized spacial score (nSPS) is 14.0. The second-order valence-corrected chi connectivity index (χ2v) is 3.75. The topological polar surface area (TPSA) is 32.3 Å². The van der Waals surface area contributed by atoms with Gasteiger partial charge in [-0.25, -0.2) is 20.0 Å². The lowest BCUT2D eigenvalue weighted by atomic mass is 10.4. The van der Waals surface area contributed by atoms with Crippen LogP contribution in [0.1, 0.15) is 0 Å². The summed E-state index contributed by atoms with van der Waals surface area (Å²) in [4.78, 5) is 8.70. The average Bonchev–Trinajstić information content (AvgIpc) is 2.49. The minimum atomic E-state index is 0.851. The molecular formula is C14H12N4. The number of aromatic nitrogens is 2. The SMILES string of the molecule is C1=CN(c2ccccn2)N(c2ccccn2)C=C1. The summed E-state index contributed by atoms with van der Waals surface area (Å²) in [6.45, 7) is 0. The van der Waals surface area contributed by atoms with Gasteiger partial charge in [0.05, 0.1) is 0 Å². The molecule has 0 bridgehead atoms. The Labute approximate surface area is 105 Å². The highest BCUT2D eigenvalue weighted by Gasteiger charge is 2.15. The van der Waals surface area contributed by atoms with E-state index in [2.05, 4.69) is 9.97 Å². The molecule has 2 aromatic heterocycles. The Morgan fingerprint density at radius 3 is 1.56 bits per heavy atom. The molecule has 0 atom stereocenters. The second-order valence-electron chi connectivity index (χ2n) is 3.75. The van der Waals surface area contributed by atoms with E-state index in [-0.39, 0.29) is 0 Å². The van der Waals surface area contributed by atoms with E-state index >= 15 is 0 Å². The predicted molar refractivity (Wildman–Crippen MR) is 71.7 cm³/mol. The number of rotatable bonds is 2. The first-order chi connectivity index (χ1) is 8.95. The quantitative estimate of drug-likeness (QED) is 0.802. The van der Waals surface area contributed by atoms with Crippen molar-refractivity contribution in [2.75, 3.05) is 10.0 Å². The molecule has 1 aliphatic rings. The Balaban J connectivity index is 1.98. The van der Waals surface area contributed by atoms with Crippen LogP contribution in [0.5, 0.6) is 0 Å². The van der Waals surface area contributed by atoms with Crippen LogP contribution in [0.4, 0.5) is 11.6 Å². The van der Waals surface area contributed by atoms with Gasteiger partial charge in [-0.2, -0.15) is 0 Å². The molecule has 0 N–H and O–H groups in total. The van der Waals surface area contributed by atoms with Gasteiger partial charge in [-0.1, -0.05) is 12.1 Å². The summed E-state index contributed by atoms with van der Waals surface area (Å²) < 4.78 is 0. The van der Waals surface area contributed by atoms with Crippen LogP contribution in [0.3, 0.4) is 0 Å². The molecule has 3 heterocycles. The molecule has 0 unspecified atom stereocenters. The summed E-state index contributed by atoms with van der Waals surface area (Å²) in [5.74, 6) is 1.70. The molecule has 0 aliphatic carbocycles. The first-order valence-electron chi connectivity index (χ1n) is 5.70. The molecule has 4 heteroatoms. The van der Waals surface area contributed by atoms with Gasteiger partial charge >= 0.3 is 0 Å². The predicted octanol–water partition coefficient (Wildman–Crippen LogP) is 2.75. The average molecular weight is 236 g/mol. The van der Waals surface area contributed by atoms with E-state index in [1.807, 2.05) is 71.0 Å². The molecule has 4 nitrogen and oxygen atoms in total. The van der Waals surface area contributed by atoms with E-state index in [0.717, 1.165) is 11.6 Å². The minimum Gasteiger partial charge on any atom is -0.237 e. The Bertz CT molecular complexity index is 509. The minimum absolute atomic E-state index is 0.851. The Kier molecular flexibility index (Phi) is 2.75. The Morgan fingerprint density at radius 1 is 0.667 bits per heavy atom. The van der Waals surface area contributed by atoms with Crippen LogP contribution >= 0.6 is 0 Å². The van der Waals surface area contributed by atoms with Crippen molar-refractivity contribution in [3.63, 3.8) is 0 Å². The van der Waals surface area contributed by atoms with Crippen molar-refractivity contribution in [2.24, 2.45) is 0 Å². The molecule has 88 valence electrons. The van der Waals surface area contributed by atoms with E-state index in [0.29, 0.717) is 0 Å². The zero-order valence-corrected chi connectivity index (χ0v) is 9.72. The largest absolute Gasteiger partial charge is 0.237 e. The zero-order chi connectivity index (χ0) is 12.2. The third-order valence-corrected chi connectivity index (χ3v) is 2.57. The molecule has 18 heavy (non-hydrogen) atoms. The van der Waals surface area contributed by atoms with Gasteiger partial charge in [-0.15, -0.1) is 0 Å². The molecule has 0 spiro atoms. The van der Waals surface area contributed by atoms with Crippen molar-refractivity contribution in [1.82, 2.24) is 9.97 Å². The highest BCUT2D eigenvalue weighted by Crippen LogP contribution is 2.21. The van der Waals surface area contributed by atoms with Crippen LogP contribution in [-0.4, -0.2) is 9.97 Å². The molecule has 0 saturated carbocycles. The molecule has 0 aromatic carbocycles. The van der Waals surface area contributed by atoms with Gasteiger partial charge in [-0.05, 0) is 36.4 Å². The lowest BCUT2D eigenvalue weighted by Crippen LogP contribution is -2.37. The van der Waals surface area contributed by atoms with E-state index in [9.17, 15) is 0 Å². The van der Waals surface area contributed by atoms with E-state index in [1.54, 1.807) is 12.4 Å². The zero-order valence-electron chi connectivity index (χ0n) is 9.72. The first-order valence-corrected chi connectivity index (χ1v) is 5.70. The van der Waals surface area contributed by atoms with Gasteiger partial charge in [0.2, 0.25) is 0 Å². The maximum atomic E-state index is 4.35. The van der Waals surface area contributed by atoms with Crippen LogP contribution in [0.2, 0.25) is 0 Å². The summed E-state index contributed by atoms with van der Waals surface area (Å²) in [6, 6.07) is 11.6. The monoisotopic (exact) mass is 236 g/mol. The fourth-order valence-corrected chi connectivity index (χ4v) is 1.76. The number of pyridine rings is 2. The summed E-state index contributed by atoms with van der Waals surface area (Å²) in [7, 11) is 0. The van der Waals surface area contributed by atoms with E-state index < -0.39 is 0 Å². The van der Waals surface area contributed by atoms with E-state index in [4.69, 9.17) is 0 Å². The third-order valence-electron chi connectivity index (χ3n) is 2.57. The van der Waals surface area contributed by atoms with Crippen molar-refractivity contribution in [2.45, 2.75) is 0 Å². The highest BCUT2D eigenvalue weighted by molar-refractivity contribution is 5.57. The van der Waals surface area contributed by atoms with Crippen LogP contribution in [0.15, 0.2) is 73.3 Å². The van der Waals surface area contributed by atoms with Crippen molar-refractivity contribution in [1.29, 1.82) is 0 Å². The Morgan fingerprint density at radius 2 is 1.17 bits per heavy atom. The van der Waals surface area contributed by atoms with Gasteiger partial charge in [0.1, 0.15) is 0 Å². The van der Waals surface area contributed by atoms with Crippen molar-refractivity contribution >= 4 is 11.6 Å². The van der Waals surface area contributed by atoms with Crippen molar-refractivity contribution in [3.05, 3.63) is 73.3 Å². The molecule has 1 aliphatic heterocycles. The van der Waals surface area contributed by atoms with Gasteiger partial charge < -0.3 is 0 Å². The number of hydrazine groups is 1. The molecule has 0 amide bonds. The number of allylic oxidation sites excluding steroid dienone is 2. The number of anilines is 2. The molecule has 0 fully saturated rings. The van der Waals surface area contributed by atoms with Crippen LogP contribution in [-0.2, 0) is 0 Å². The fourth-order valence-electron chi connectivity index (χ4n) is 1.76. The number of nitrogens with zero attached hydrogens (tertiary/aromatic N) is 4. The van der Waals surface area contributed by atoms with Crippen LogP contribution in [0, 0.1) is 0 Å². The standard InChI is InChI=1S/C14H12N4/c1-3-9-15-13(7-1)17-11-5-6-12-18(17)14-8-2-4-10-16-14/h1-12H. The molecular weight excluding hydrogens is 224 g/mol. The fraction of sp³-hybridized carbons (Fsp3) is 0. The van der Waals surface area contributed by atoms with Gasteiger partial charge in [0.25, 0.3) is 0 Å².